The van der Waals surface area contributed by atoms with Crippen molar-refractivity contribution in [2.45, 2.75) is 0 Å². The molecule has 26 heavy (non-hydrogen) atoms. The molecule has 0 aliphatic carbocycles. The zero-order valence-corrected chi connectivity index (χ0v) is 13.6. The lowest BCUT2D eigenvalue weighted by atomic mass is 10.0. The van der Waals surface area contributed by atoms with Gasteiger partial charge in [0.15, 0.2) is 11.5 Å². The second-order valence-electron chi connectivity index (χ2n) is 5.74. The summed E-state index contributed by atoms with van der Waals surface area (Å²) >= 11 is 0. The maximum Gasteiger partial charge on any atom is 0.358 e. The number of nitrogens with zero attached hydrogens (tertiary/aromatic N) is 3. The van der Waals surface area contributed by atoms with Crippen LogP contribution in [0.5, 0.6) is 0 Å². The lowest BCUT2D eigenvalue weighted by molar-refractivity contribution is 0.0691. The van der Waals surface area contributed by atoms with Crippen molar-refractivity contribution in [1.82, 2.24) is 15.0 Å². The van der Waals surface area contributed by atoms with Crippen LogP contribution in [-0.2, 0) is 0 Å². The molecule has 3 N–H and O–H groups in total. The van der Waals surface area contributed by atoms with E-state index < -0.39 is 5.97 Å². The first kappa shape index (κ1) is 15.7. The molecule has 4 aromatic rings. The first-order valence-electron chi connectivity index (χ1n) is 7.95. The summed E-state index contributed by atoms with van der Waals surface area (Å²) in [6.45, 7) is 0. The zero-order valence-electron chi connectivity index (χ0n) is 13.6. The normalized spacial score (nSPS) is 10.8. The van der Waals surface area contributed by atoms with Crippen LogP contribution >= 0.6 is 0 Å². The molecule has 2 aromatic carbocycles. The molecule has 0 fully saturated rings. The highest BCUT2D eigenvalue weighted by atomic mass is 16.4. The van der Waals surface area contributed by atoms with Crippen molar-refractivity contribution in [3.8, 4) is 22.5 Å². The smallest absolute Gasteiger partial charge is 0.358 e. The quantitative estimate of drug-likeness (QED) is 0.589. The fraction of sp³-hybridized carbons (Fsp3) is 0. The molecule has 0 unspecified atom stereocenters. The number of nitrogen functional groups attached to an aromatic ring is 1. The molecule has 0 saturated heterocycles. The summed E-state index contributed by atoms with van der Waals surface area (Å²) in [5.41, 5.74) is 8.99. The molecule has 0 spiro atoms. The van der Waals surface area contributed by atoms with Gasteiger partial charge >= 0.3 is 5.97 Å². The van der Waals surface area contributed by atoms with Gasteiger partial charge in [0.05, 0.1) is 16.9 Å². The Morgan fingerprint density at radius 2 is 1.65 bits per heavy atom. The third-order valence-corrected chi connectivity index (χ3v) is 4.05. The fourth-order valence-electron chi connectivity index (χ4n) is 2.83. The largest absolute Gasteiger partial charge is 0.476 e. The van der Waals surface area contributed by atoms with Gasteiger partial charge in [-0.05, 0) is 18.2 Å². The number of rotatable bonds is 3. The lowest BCUT2D eigenvalue weighted by Crippen LogP contribution is -2.10. The van der Waals surface area contributed by atoms with Crippen molar-refractivity contribution < 1.29 is 9.90 Å². The molecule has 0 aliphatic rings. The number of carboxylic acids is 1. The van der Waals surface area contributed by atoms with E-state index >= 15 is 0 Å². The van der Waals surface area contributed by atoms with Crippen LogP contribution in [0.25, 0.3) is 33.4 Å². The predicted octanol–water partition coefficient (Wildman–Crippen LogP) is 3.64. The van der Waals surface area contributed by atoms with E-state index in [-0.39, 0.29) is 11.5 Å². The van der Waals surface area contributed by atoms with Crippen molar-refractivity contribution in [2.75, 3.05) is 5.73 Å². The molecule has 0 atom stereocenters. The Morgan fingerprint density at radius 3 is 2.42 bits per heavy atom. The monoisotopic (exact) mass is 342 g/mol. The topological polar surface area (TPSA) is 102 Å². The predicted molar refractivity (Wildman–Crippen MR) is 99.6 cm³/mol. The van der Waals surface area contributed by atoms with E-state index in [4.69, 9.17) is 5.73 Å². The van der Waals surface area contributed by atoms with E-state index in [1.54, 1.807) is 6.20 Å². The average molecular weight is 342 g/mol. The molecule has 2 aromatic heterocycles. The molecule has 0 aliphatic heterocycles. The Bertz CT molecular complexity index is 1130. The number of aromatic nitrogens is 3. The summed E-state index contributed by atoms with van der Waals surface area (Å²) in [5.74, 6) is -1.32. The second-order valence-corrected chi connectivity index (χ2v) is 5.74. The molecular weight excluding hydrogens is 328 g/mol. The van der Waals surface area contributed by atoms with E-state index in [9.17, 15) is 9.90 Å². The summed E-state index contributed by atoms with van der Waals surface area (Å²) in [6, 6.07) is 18.9. The summed E-state index contributed by atoms with van der Waals surface area (Å²) in [6.07, 6.45) is 1.73. The fourth-order valence-corrected chi connectivity index (χ4v) is 2.83. The zero-order chi connectivity index (χ0) is 18.1. The number of aromatic carboxylic acids is 1. The van der Waals surface area contributed by atoms with E-state index in [2.05, 4.69) is 15.0 Å². The van der Waals surface area contributed by atoms with Gasteiger partial charge in [0.25, 0.3) is 0 Å². The average Bonchev–Trinajstić information content (AvgIpc) is 2.68. The minimum atomic E-state index is -1.21. The van der Waals surface area contributed by atoms with Crippen LogP contribution in [0.15, 0.2) is 66.9 Å². The molecule has 6 heteroatoms. The number of fused-ring (bicyclic) bond motifs is 1. The number of hydrogen-bond acceptors (Lipinski definition) is 5. The summed E-state index contributed by atoms with van der Waals surface area (Å²) in [4.78, 5) is 24.4. The summed E-state index contributed by atoms with van der Waals surface area (Å²) < 4.78 is 0. The minimum absolute atomic E-state index is 0.109. The van der Waals surface area contributed by atoms with Crippen LogP contribution < -0.4 is 5.73 Å². The first-order valence-corrected chi connectivity index (χ1v) is 7.95. The third kappa shape index (κ3) is 2.73. The standard InChI is InChI=1S/C20H14N4O2/c21-19-18(20(25)26)23-17(16(24-19)12-5-2-1-3-6-12)14-8-9-15-13(11-14)7-4-10-22-15/h1-11H,(H2,21,24)(H,25,26). The Hall–Kier alpha value is -3.80. The van der Waals surface area contributed by atoms with Crippen LogP contribution in [0, 0.1) is 0 Å². The molecule has 0 saturated carbocycles. The molecule has 4 rings (SSSR count). The van der Waals surface area contributed by atoms with Gasteiger partial charge in [-0.15, -0.1) is 0 Å². The Labute approximate surface area is 149 Å². The molecule has 126 valence electrons. The van der Waals surface area contributed by atoms with Gasteiger partial charge < -0.3 is 10.8 Å². The molecule has 0 bridgehead atoms. The lowest BCUT2D eigenvalue weighted by Gasteiger charge is -2.12. The summed E-state index contributed by atoms with van der Waals surface area (Å²) in [5, 5.41) is 10.3. The van der Waals surface area contributed by atoms with Crippen LogP contribution in [0.3, 0.4) is 0 Å². The second kappa shape index (κ2) is 6.25. The van der Waals surface area contributed by atoms with Crippen molar-refractivity contribution in [3.05, 3.63) is 72.6 Å². The molecule has 0 radical (unpaired) electrons. The number of carboxylic acid groups (broad SMARTS) is 1. The highest BCUT2D eigenvalue weighted by Gasteiger charge is 2.19. The number of carbonyl (C=O) groups is 1. The van der Waals surface area contributed by atoms with Crippen molar-refractivity contribution in [1.29, 1.82) is 0 Å². The van der Waals surface area contributed by atoms with E-state index in [1.807, 2.05) is 60.7 Å². The maximum absolute atomic E-state index is 11.5. The molecule has 0 amide bonds. The minimum Gasteiger partial charge on any atom is -0.476 e. The summed E-state index contributed by atoms with van der Waals surface area (Å²) in [7, 11) is 0. The molecular formula is C20H14N4O2. The number of benzene rings is 2. The third-order valence-electron chi connectivity index (χ3n) is 4.05. The van der Waals surface area contributed by atoms with Gasteiger partial charge in [0.1, 0.15) is 0 Å². The van der Waals surface area contributed by atoms with Crippen molar-refractivity contribution in [2.24, 2.45) is 0 Å². The van der Waals surface area contributed by atoms with Crippen molar-refractivity contribution in [3.63, 3.8) is 0 Å². The molecule has 2 heterocycles. The van der Waals surface area contributed by atoms with Crippen LogP contribution in [0.1, 0.15) is 10.5 Å². The number of nitrogens with two attached hydrogens (primary N) is 1. The van der Waals surface area contributed by atoms with Gasteiger partial charge in [-0.2, -0.15) is 0 Å². The molecule has 6 nitrogen and oxygen atoms in total. The van der Waals surface area contributed by atoms with Gasteiger partial charge in [0, 0.05) is 22.7 Å². The highest BCUT2D eigenvalue weighted by Crippen LogP contribution is 2.32. The van der Waals surface area contributed by atoms with Gasteiger partial charge in [-0.3, -0.25) is 4.98 Å². The van der Waals surface area contributed by atoms with Gasteiger partial charge in [0.2, 0.25) is 0 Å². The number of pyridine rings is 1. The van der Waals surface area contributed by atoms with E-state index in [0.717, 1.165) is 22.0 Å². The Balaban J connectivity index is 2.00. The highest BCUT2D eigenvalue weighted by molar-refractivity contribution is 5.94. The van der Waals surface area contributed by atoms with Gasteiger partial charge in [-0.25, -0.2) is 14.8 Å². The Morgan fingerprint density at radius 1 is 0.885 bits per heavy atom. The van der Waals surface area contributed by atoms with Gasteiger partial charge in [-0.1, -0.05) is 42.5 Å². The SMILES string of the molecule is Nc1nc(-c2ccccc2)c(-c2ccc3ncccc3c2)nc1C(=O)O. The first-order chi connectivity index (χ1) is 12.6. The Kier molecular flexibility index (Phi) is 3.78. The van der Waals surface area contributed by atoms with Crippen LogP contribution in [-0.4, -0.2) is 26.0 Å². The van der Waals surface area contributed by atoms with E-state index in [0.29, 0.717) is 11.4 Å². The van der Waals surface area contributed by atoms with E-state index in [1.165, 1.54) is 0 Å². The number of anilines is 1. The number of hydrogen-bond donors (Lipinski definition) is 2. The van der Waals surface area contributed by atoms with Crippen LogP contribution in [0.2, 0.25) is 0 Å². The van der Waals surface area contributed by atoms with Crippen LogP contribution in [0.4, 0.5) is 5.82 Å². The maximum atomic E-state index is 11.5. The van der Waals surface area contributed by atoms with Crippen molar-refractivity contribution >= 4 is 22.7 Å².